The molecule has 4 heteroatoms. The first-order valence-electron chi connectivity index (χ1n) is 6.24. The molecular formula is C12H23ClN2O. The fourth-order valence-corrected chi connectivity index (χ4v) is 2.77. The number of nitrogens with zero attached hydrogens (tertiary/aromatic N) is 1. The van der Waals surface area contributed by atoms with Crippen molar-refractivity contribution in [1.29, 1.82) is 0 Å². The normalized spacial score (nSPS) is 25.4. The Bertz CT molecular complexity index is 223. The zero-order valence-corrected chi connectivity index (χ0v) is 10.9. The van der Waals surface area contributed by atoms with E-state index >= 15 is 0 Å². The molecule has 1 aliphatic heterocycles. The van der Waals surface area contributed by atoms with E-state index in [-0.39, 0.29) is 12.4 Å². The fourth-order valence-electron chi connectivity index (χ4n) is 2.77. The molecule has 1 heterocycles. The van der Waals surface area contributed by atoms with Crippen molar-refractivity contribution in [2.24, 2.45) is 5.92 Å². The number of hydrogen-bond acceptors (Lipinski definition) is 2. The van der Waals surface area contributed by atoms with E-state index in [1.165, 1.54) is 32.1 Å². The standard InChI is InChI=1S/C12H22N2O.ClH/c1-14(11-4-2-3-5-11)12(15)8-10-6-7-13-9-10;/h10-11,13H,2-9H2,1H3;1H. The molecule has 94 valence electrons. The molecule has 2 aliphatic rings. The zero-order valence-electron chi connectivity index (χ0n) is 10.1. The predicted molar refractivity (Wildman–Crippen MR) is 67.9 cm³/mol. The van der Waals surface area contributed by atoms with Crippen molar-refractivity contribution < 1.29 is 4.79 Å². The van der Waals surface area contributed by atoms with E-state index in [9.17, 15) is 4.79 Å². The summed E-state index contributed by atoms with van der Waals surface area (Å²) in [6.45, 7) is 2.12. The molecule has 1 atom stereocenters. The van der Waals surface area contributed by atoms with Gasteiger partial charge in [-0.25, -0.2) is 0 Å². The molecule has 1 N–H and O–H groups in total. The molecule has 1 unspecified atom stereocenters. The Balaban J connectivity index is 0.00000128. The minimum Gasteiger partial charge on any atom is -0.343 e. The second-order valence-electron chi connectivity index (χ2n) is 5.01. The Hall–Kier alpha value is -0.280. The van der Waals surface area contributed by atoms with Crippen molar-refractivity contribution in [1.82, 2.24) is 10.2 Å². The van der Waals surface area contributed by atoms with Crippen LogP contribution in [0.4, 0.5) is 0 Å². The van der Waals surface area contributed by atoms with Gasteiger partial charge in [0.2, 0.25) is 5.91 Å². The van der Waals surface area contributed by atoms with E-state index in [1.807, 2.05) is 11.9 Å². The van der Waals surface area contributed by atoms with Crippen LogP contribution in [0.3, 0.4) is 0 Å². The first kappa shape index (κ1) is 13.8. The summed E-state index contributed by atoms with van der Waals surface area (Å²) in [7, 11) is 1.99. The third-order valence-corrected chi connectivity index (χ3v) is 3.89. The molecule has 0 bridgehead atoms. The topological polar surface area (TPSA) is 32.3 Å². The van der Waals surface area contributed by atoms with E-state index in [0.29, 0.717) is 17.9 Å². The van der Waals surface area contributed by atoms with Gasteiger partial charge in [-0.2, -0.15) is 0 Å². The van der Waals surface area contributed by atoms with Gasteiger partial charge in [0.15, 0.2) is 0 Å². The summed E-state index contributed by atoms with van der Waals surface area (Å²) in [5.41, 5.74) is 0. The van der Waals surface area contributed by atoms with Crippen molar-refractivity contribution in [3.8, 4) is 0 Å². The second kappa shape index (κ2) is 6.45. The van der Waals surface area contributed by atoms with Gasteiger partial charge in [0.25, 0.3) is 0 Å². The van der Waals surface area contributed by atoms with Crippen molar-refractivity contribution >= 4 is 18.3 Å². The molecule has 2 rings (SSSR count). The Morgan fingerprint density at radius 2 is 2.00 bits per heavy atom. The number of carbonyl (C=O) groups is 1. The SMILES string of the molecule is CN(C(=O)CC1CCNC1)C1CCCC1.Cl. The maximum Gasteiger partial charge on any atom is 0.222 e. The number of halogens is 1. The summed E-state index contributed by atoms with van der Waals surface area (Å²) in [6, 6.07) is 0.534. The van der Waals surface area contributed by atoms with E-state index in [2.05, 4.69) is 5.32 Å². The van der Waals surface area contributed by atoms with E-state index < -0.39 is 0 Å². The highest BCUT2D eigenvalue weighted by molar-refractivity contribution is 5.85. The van der Waals surface area contributed by atoms with Crippen molar-refractivity contribution in [2.75, 3.05) is 20.1 Å². The predicted octanol–water partition coefficient (Wildman–Crippen LogP) is 1.81. The molecule has 1 aliphatic carbocycles. The number of nitrogens with one attached hydrogen (secondary N) is 1. The molecule has 0 aromatic heterocycles. The Morgan fingerprint density at radius 1 is 1.31 bits per heavy atom. The van der Waals surface area contributed by atoms with Gasteiger partial charge in [0.1, 0.15) is 0 Å². The lowest BCUT2D eigenvalue weighted by Crippen LogP contribution is -2.36. The molecular weight excluding hydrogens is 224 g/mol. The zero-order chi connectivity index (χ0) is 10.7. The minimum absolute atomic E-state index is 0. The number of hydrogen-bond donors (Lipinski definition) is 1. The van der Waals surface area contributed by atoms with Crippen LogP contribution in [0.15, 0.2) is 0 Å². The molecule has 3 nitrogen and oxygen atoms in total. The van der Waals surface area contributed by atoms with E-state index in [1.54, 1.807) is 0 Å². The molecule has 1 saturated heterocycles. The van der Waals surface area contributed by atoms with Gasteiger partial charge in [-0.3, -0.25) is 4.79 Å². The van der Waals surface area contributed by atoms with Crippen molar-refractivity contribution in [3.05, 3.63) is 0 Å². The van der Waals surface area contributed by atoms with Crippen LogP contribution in [0.25, 0.3) is 0 Å². The average molecular weight is 247 g/mol. The van der Waals surface area contributed by atoms with Gasteiger partial charge in [0.05, 0.1) is 0 Å². The minimum atomic E-state index is 0. The summed E-state index contributed by atoms with van der Waals surface area (Å²) in [6.07, 6.45) is 6.95. The Labute approximate surface area is 104 Å². The van der Waals surface area contributed by atoms with Crippen LogP contribution in [0.2, 0.25) is 0 Å². The molecule has 0 radical (unpaired) electrons. The molecule has 0 aromatic carbocycles. The Kier molecular flexibility index (Phi) is 5.56. The number of amides is 1. The van der Waals surface area contributed by atoms with Crippen LogP contribution in [-0.4, -0.2) is 37.0 Å². The van der Waals surface area contributed by atoms with E-state index in [4.69, 9.17) is 0 Å². The largest absolute Gasteiger partial charge is 0.343 e. The quantitative estimate of drug-likeness (QED) is 0.824. The van der Waals surface area contributed by atoms with Gasteiger partial charge >= 0.3 is 0 Å². The molecule has 1 saturated carbocycles. The summed E-state index contributed by atoms with van der Waals surface area (Å²) < 4.78 is 0. The lowest BCUT2D eigenvalue weighted by Gasteiger charge is -2.25. The van der Waals surface area contributed by atoms with Gasteiger partial charge in [0, 0.05) is 19.5 Å². The van der Waals surface area contributed by atoms with Gasteiger partial charge in [-0.1, -0.05) is 12.8 Å². The lowest BCUT2D eigenvalue weighted by molar-refractivity contribution is -0.132. The lowest BCUT2D eigenvalue weighted by atomic mass is 10.0. The van der Waals surface area contributed by atoms with Crippen LogP contribution in [-0.2, 0) is 4.79 Å². The first-order valence-corrected chi connectivity index (χ1v) is 6.24. The third kappa shape index (κ3) is 3.36. The van der Waals surface area contributed by atoms with Crippen LogP contribution in [0.5, 0.6) is 0 Å². The third-order valence-electron chi connectivity index (χ3n) is 3.89. The number of carbonyl (C=O) groups excluding carboxylic acids is 1. The monoisotopic (exact) mass is 246 g/mol. The maximum atomic E-state index is 12.0. The molecule has 1 amide bonds. The van der Waals surface area contributed by atoms with Gasteiger partial charge in [-0.05, 0) is 38.3 Å². The first-order chi connectivity index (χ1) is 7.27. The average Bonchev–Trinajstić information content (AvgIpc) is 2.88. The Morgan fingerprint density at radius 3 is 2.56 bits per heavy atom. The summed E-state index contributed by atoms with van der Waals surface area (Å²) in [5.74, 6) is 0.942. The molecule has 0 spiro atoms. The fraction of sp³-hybridized carbons (Fsp3) is 0.917. The highest BCUT2D eigenvalue weighted by atomic mass is 35.5. The van der Waals surface area contributed by atoms with E-state index in [0.717, 1.165) is 19.5 Å². The smallest absolute Gasteiger partial charge is 0.222 e. The second-order valence-corrected chi connectivity index (χ2v) is 5.01. The van der Waals surface area contributed by atoms with Gasteiger partial charge < -0.3 is 10.2 Å². The summed E-state index contributed by atoms with van der Waals surface area (Å²) in [5, 5.41) is 3.32. The van der Waals surface area contributed by atoms with Crippen molar-refractivity contribution in [2.45, 2.75) is 44.6 Å². The highest BCUT2D eigenvalue weighted by Crippen LogP contribution is 2.24. The molecule has 2 fully saturated rings. The molecule has 0 aromatic rings. The van der Waals surface area contributed by atoms with Crippen molar-refractivity contribution in [3.63, 3.8) is 0 Å². The maximum absolute atomic E-state index is 12.0. The van der Waals surface area contributed by atoms with Crippen LogP contribution < -0.4 is 5.32 Å². The highest BCUT2D eigenvalue weighted by Gasteiger charge is 2.26. The summed E-state index contributed by atoms with van der Waals surface area (Å²) in [4.78, 5) is 14.0. The van der Waals surface area contributed by atoms with Crippen LogP contribution in [0.1, 0.15) is 38.5 Å². The summed E-state index contributed by atoms with van der Waals surface area (Å²) >= 11 is 0. The molecule has 16 heavy (non-hydrogen) atoms. The number of rotatable bonds is 3. The van der Waals surface area contributed by atoms with Crippen LogP contribution in [0, 0.1) is 5.92 Å². The van der Waals surface area contributed by atoms with Gasteiger partial charge in [-0.15, -0.1) is 12.4 Å². The van der Waals surface area contributed by atoms with Crippen LogP contribution >= 0.6 is 12.4 Å².